The first-order valence-corrected chi connectivity index (χ1v) is 7.96. The van der Waals surface area contributed by atoms with E-state index in [1.165, 1.54) is 0 Å². The van der Waals surface area contributed by atoms with E-state index in [2.05, 4.69) is 5.32 Å². The fraction of sp³-hybridized carbons (Fsp3) is 0.529. The summed E-state index contributed by atoms with van der Waals surface area (Å²) in [7, 11) is 0. The summed E-state index contributed by atoms with van der Waals surface area (Å²) in [6.07, 6.45) is 3.67. The molecule has 0 saturated carbocycles. The number of hydrogen-bond acceptors (Lipinski definition) is 5. The van der Waals surface area contributed by atoms with Crippen LogP contribution in [0.5, 0.6) is 11.5 Å². The Morgan fingerprint density at radius 1 is 1.43 bits per heavy atom. The number of benzene rings is 1. The lowest BCUT2D eigenvalue weighted by Crippen LogP contribution is -2.35. The molecule has 126 valence electrons. The number of amides is 1. The smallest absolute Gasteiger partial charge is 0.258 e. The molecule has 2 rings (SSSR count). The molecular weight excluding hydrogens is 298 g/mol. The van der Waals surface area contributed by atoms with E-state index in [4.69, 9.17) is 14.2 Å². The van der Waals surface area contributed by atoms with Crippen molar-refractivity contribution in [3.8, 4) is 11.5 Å². The largest absolute Gasteiger partial charge is 0.493 e. The molecule has 0 spiro atoms. The van der Waals surface area contributed by atoms with Crippen LogP contribution in [-0.2, 0) is 9.53 Å². The predicted octanol–water partition coefficient (Wildman–Crippen LogP) is 1.96. The number of aldehydes is 1. The van der Waals surface area contributed by atoms with E-state index in [1.54, 1.807) is 18.2 Å². The third kappa shape index (κ3) is 5.56. The molecule has 23 heavy (non-hydrogen) atoms. The van der Waals surface area contributed by atoms with Crippen molar-refractivity contribution in [1.82, 2.24) is 5.32 Å². The Bertz CT molecular complexity index is 526. The van der Waals surface area contributed by atoms with Crippen molar-refractivity contribution in [1.29, 1.82) is 0 Å². The lowest BCUT2D eigenvalue weighted by molar-refractivity contribution is -0.123. The van der Waals surface area contributed by atoms with Crippen molar-refractivity contribution in [3.05, 3.63) is 23.8 Å². The molecule has 1 aliphatic rings. The summed E-state index contributed by atoms with van der Waals surface area (Å²) in [6, 6.07) is 4.97. The highest BCUT2D eigenvalue weighted by molar-refractivity contribution is 5.81. The van der Waals surface area contributed by atoms with Crippen molar-refractivity contribution in [2.75, 3.05) is 26.4 Å². The van der Waals surface area contributed by atoms with Gasteiger partial charge in [0.15, 0.2) is 12.9 Å². The number of rotatable bonds is 9. The highest BCUT2D eigenvalue weighted by atomic mass is 16.5. The van der Waals surface area contributed by atoms with Crippen LogP contribution in [0.3, 0.4) is 0 Å². The van der Waals surface area contributed by atoms with E-state index in [9.17, 15) is 9.59 Å². The summed E-state index contributed by atoms with van der Waals surface area (Å²) in [6.45, 7) is 3.69. The Balaban J connectivity index is 1.84. The van der Waals surface area contributed by atoms with Gasteiger partial charge in [0, 0.05) is 19.2 Å². The fourth-order valence-electron chi connectivity index (χ4n) is 2.27. The summed E-state index contributed by atoms with van der Waals surface area (Å²) >= 11 is 0. The van der Waals surface area contributed by atoms with Crippen molar-refractivity contribution < 1.29 is 23.8 Å². The second kappa shape index (κ2) is 9.15. The molecule has 1 fully saturated rings. The van der Waals surface area contributed by atoms with Gasteiger partial charge in [0.05, 0.1) is 18.3 Å². The topological polar surface area (TPSA) is 73.9 Å². The van der Waals surface area contributed by atoms with Gasteiger partial charge in [-0.1, -0.05) is 6.92 Å². The molecule has 1 aromatic carbocycles. The van der Waals surface area contributed by atoms with Crippen LogP contribution >= 0.6 is 0 Å². The van der Waals surface area contributed by atoms with Crippen molar-refractivity contribution in [2.45, 2.75) is 32.3 Å². The van der Waals surface area contributed by atoms with Crippen molar-refractivity contribution in [3.63, 3.8) is 0 Å². The SMILES string of the molecule is CCCOc1ccc(C=O)c(OCC(=O)NC[C@@H]2CCCO2)c1. The Morgan fingerprint density at radius 3 is 3.00 bits per heavy atom. The molecule has 1 N–H and O–H groups in total. The Hall–Kier alpha value is -2.08. The van der Waals surface area contributed by atoms with Gasteiger partial charge >= 0.3 is 0 Å². The second-order valence-corrected chi connectivity index (χ2v) is 5.39. The molecule has 6 heteroatoms. The second-order valence-electron chi connectivity index (χ2n) is 5.39. The summed E-state index contributed by atoms with van der Waals surface area (Å²) in [4.78, 5) is 22.9. The first-order chi connectivity index (χ1) is 11.2. The Morgan fingerprint density at radius 2 is 2.30 bits per heavy atom. The minimum Gasteiger partial charge on any atom is -0.493 e. The van der Waals surface area contributed by atoms with Gasteiger partial charge in [-0.15, -0.1) is 0 Å². The highest BCUT2D eigenvalue weighted by Gasteiger charge is 2.16. The summed E-state index contributed by atoms with van der Waals surface area (Å²) in [5, 5.41) is 2.77. The lowest BCUT2D eigenvalue weighted by Gasteiger charge is -2.13. The normalized spacial score (nSPS) is 16.8. The van der Waals surface area contributed by atoms with Gasteiger partial charge in [-0.3, -0.25) is 9.59 Å². The van der Waals surface area contributed by atoms with Gasteiger partial charge in [-0.05, 0) is 31.4 Å². The van der Waals surface area contributed by atoms with Gasteiger partial charge in [0.1, 0.15) is 11.5 Å². The summed E-state index contributed by atoms with van der Waals surface area (Å²) in [5.74, 6) is 0.727. The Labute approximate surface area is 136 Å². The van der Waals surface area contributed by atoms with Gasteiger partial charge in [0.25, 0.3) is 5.91 Å². The standard InChI is InChI=1S/C17H23NO5/c1-2-7-21-14-6-5-13(11-19)16(9-14)23-12-17(20)18-10-15-4-3-8-22-15/h5-6,9,11,15H,2-4,7-8,10,12H2,1H3,(H,18,20)/t15-/m0/s1. The number of hydrogen-bond donors (Lipinski definition) is 1. The summed E-state index contributed by atoms with van der Waals surface area (Å²) in [5.41, 5.74) is 0.390. The van der Waals surface area contributed by atoms with Crippen LogP contribution in [0.15, 0.2) is 18.2 Å². The van der Waals surface area contributed by atoms with Crippen LogP contribution in [-0.4, -0.2) is 44.7 Å². The molecular formula is C17H23NO5. The molecule has 0 aliphatic carbocycles. The van der Waals surface area contributed by atoms with Crippen molar-refractivity contribution >= 4 is 12.2 Å². The first kappa shape index (κ1) is 17.3. The molecule has 0 bridgehead atoms. The van der Waals surface area contributed by atoms with Crippen LogP contribution in [0.2, 0.25) is 0 Å². The maximum absolute atomic E-state index is 11.8. The van der Waals surface area contributed by atoms with E-state index >= 15 is 0 Å². The van der Waals surface area contributed by atoms with Gasteiger partial charge in [-0.2, -0.15) is 0 Å². The molecule has 1 heterocycles. The van der Waals surface area contributed by atoms with E-state index in [1.807, 2.05) is 6.92 Å². The first-order valence-electron chi connectivity index (χ1n) is 7.96. The number of nitrogens with one attached hydrogen (secondary N) is 1. The molecule has 1 atom stereocenters. The minimum atomic E-state index is -0.239. The zero-order valence-electron chi connectivity index (χ0n) is 13.4. The molecule has 1 aromatic rings. The zero-order chi connectivity index (χ0) is 16.5. The fourth-order valence-corrected chi connectivity index (χ4v) is 2.27. The highest BCUT2D eigenvalue weighted by Crippen LogP contribution is 2.24. The average Bonchev–Trinajstić information content (AvgIpc) is 3.09. The van der Waals surface area contributed by atoms with Crippen molar-refractivity contribution in [2.24, 2.45) is 0 Å². The van der Waals surface area contributed by atoms with E-state index in [0.717, 1.165) is 25.9 Å². The monoisotopic (exact) mass is 321 g/mol. The number of carbonyl (C=O) groups is 2. The quantitative estimate of drug-likeness (QED) is 0.704. The van der Waals surface area contributed by atoms with Gasteiger partial charge in [0.2, 0.25) is 0 Å². The molecule has 0 unspecified atom stereocenters. The maximum Gasteiger partial charge on any atom is 0.258 e. The van der Waals surface area contributed by atoms with E-state index in [0.29, 0.717) is 36.5 Å². The maximum atomic E-state index is 11.8. The molecule has 6 nitrogen and oxygen atoms in total. The number of ether oxygens (including phenoxy) is 3. The van der Waals surface area contributed by atoms with E-state index in [-0.39, 0.29) is 18.6 Å². The zero-order valence-corrected chi connectivity index (χ0v) is 13.4. The predicted molar refractivity (Wildman–Crippen MR) is 85.1 cm³/mol. The van der Waals surface area contributed by atoms with Crippen LogP contribution < -0.4 is 14.8 Å². The van der Waals surface area contributed by atoms with Gasteiger partial charge in [-0.25, -0.2) is 0 Å². The van der Waals surface area contributed by atoms with Crippen LogP contribution in [0.4, 0.5) is 0 Å². The molecule has 1 aliphatic heterocycles. The molecule has 0 radical (unpaired) electrons. The third-order valence-corrected chi connectivity index (χ3v) is 3.49. The van der Waals surface area contributed by atoms with Crippen LogP contribution in [0.25, 0.3) is 0 Å². The third-order valence-electron chi connectivity index (χ3n) is 3.49. The average molecular weight is 321 g/mol. The molecule has 1 amide bonds. The van der Waals surface area contributed by atoms with Gasteiger partial charge < -0.3 is 19.5 Å². The summed E-state index contributed by atoms with van der Waals surface area (Å²) < 4.78 is 16.4. The van der Waals surface area contributed by atoms with Crippen LogP contribution in [0, 0.1) is 0 Å². The Kier molecular flexibility index (Phi) is 6.87. The molecule has 0 aromatic heterocycles. The minimum absolute atomic E-state index is 0.0928. The number of carbonyl (C=O) groups excluding carboxylic acids is 2. The van der Waals surface area contributed by atoms with E-state index < -0.39 is 0 Å². The molecule has 1 saturated heterocycles. The van der Waals surface area contributed by atoms with Crippen LogP contribution in [0.1, 0.15) is 36.5 Å². The lowest BCUT2D eigenvalue weighted by atomic mass is 10.2.